The third-order valence-corrected chi connectivity index (χ3v) is 4.17. The minimum atomic E-state index is 0.618. The van der Waals surface area contributed by atoms with E-state index in [1.165, 1.54) is 43.5 Å². The Morgan fingerprint density at radius 3 is 2.67 bits per heavy atom. The Bertz CT molecular complexity index is 309. The van der Waals surface area contributed by atoms with Crippen LogP contribution in [0.4, 0.5) is 0 Å². The Morgan fingerprint density at radius 2 is 2.06 bits per heavy atom. The zero-order valence-corrected chi connectivity index (χ0v) is 13.0. The molecule has 0 saturated carbocycles. The number of nitrogens with zero attached hydrogens (tertiary/aromatic N) is 1. The Kier molecular flexibility index (Phi) is 8.27. The fourth-order valence-electron chi connectivity index (χ4n) is 2.15. The maximum Gasteiger partial charge on any atom is 0.0943 e. The topological polar surface area (TPSA) is 24.9 Å². The normalized spacial score (nSPS) is 12.8. The highest BCUT2D eigenvalue weighted by molar-refractivity contribution is 7.09. The van der Waals surface area contributed by atoms with Gasteiger partial charge < -0.3 is 5.32 Å². The van der Waals surface area contributed by atoms with Crippen LogP contribution in [0.25, 0.3) is 0 Å². The van der Waals surface area contributed by atoms with Crippen molar-refractivity contribution >= 4 is 11.3 Å². The number of hydrogen-bond acceptors (Lipinski definition) is 3. The first-order valence-electron chi connectivity index (χ1n) is 7.40. The van der Waals surface area contributed by atoms with Crippen LogP contribution in [-0.2, 0) is 6.42 Å². The van der Waals surface area contributed by atoms with Gasteiger partial charge in [0.25, 0.3) is 0 Å². The standard InChI is InChI=1S/C15H28N2S/c1-4-6-7-8-9-14(16-10-5-2)11-15-17-13(3)12-18-15/h12,14,16H,4-11H2,1-3H3. The van der Waals surface area contributed by atoms with Gasteiger partial charge in [-0.25, -0.2) is 4.98 Å². The van der Waals surface area contributed by atoms with E-state index in [1.54, 1.807) is 11.3 Å². The molecule has 1 unspecified atom stereocenters. The largest absolute Gasteiger partial charge is 0.314 e. The van der Waals surface area contributed by atoms with Crippen molar-refractivity contribution in [2.75, 3.05) is 6.54 Å². The first-order valence-corrected chi connectivity index (χ1v) is 8.28. The SMILES string of the molecule is CCCCCCC(Cc1nc(C)cs1)NCCC. The van der Waals surface area contributed by atoms with Crippen molar-refractivity contribution in [2.24, 2.45) is 0 Å². The van der Waals surface area contributed by atoms with Crippen LogP contribution < -0.4 is 5.32 Å². The second-order valence-corrected chi connectivity index (χ2v) is 6.03. The predicted molar refractivity (Wildman–Crippen MR) is 81.4 cm³/mol. The predicted octanol–water partition coefficient (Wildman–Crippen LogP) is 4.33. The van der Waals surface area contributed by atoms with Crippen molar-refractivity contribution in [3.05, 3.63) is 16.1 Å². The van der Waals surface area contributed by atoms with E-state index < -0.39 is 0 Å². The lowest BCUT2D eigenvalue weighted by molar-refractivity contribution is 0.452. The summed E-state index contributed by atoms with van der Waals surface area (Å²) in [6, 6.07) is 0.618. The zero-order valence-electron chi connectivity index (χ0n) is 12.2. The molecule has 1 aromatic heterocycles. The highest BCUT2D eigenvalue weighted by atomic mass is 32.1. The van der Waals surface area contributed by atoms with Gasteiger partial charge in [0.05, 0.1) is 5.01 Å². The van der Waals surface area contributed by atoms with Gasteiger partial charge in [-0.1, -0.05) is 39.5 Å². The second kappa shape index (κ2) is 9.51. The number of aromatic nitrogens is 1. The van der Waals surface area contributed by atoms with Gasteiger partial charge in [-0.05, 0) is 26.3 Å². The summed E-state index contributed by atoms with van der Waals surface area (Å²) in [7, 11) is 0. The van der Waals surface area contributed by atoms with Gasteiger partial charge in [0.15, 0.2) is 0 Å². The molecule has 18 heavy (non-hydrogen) atoms. The van der Waals surface area contributed by atoms with Gasteiger partial charge in [0, 0.05) is 23.5 Å². The molecule has 1 rings (SSSR count). The van der Waals surface area contributed by atoms with Gasteiger partial charge >= 0.3 is 0 Å². The van der Waals surface area contributed by atoms with Crippen molar-refractivity contribution in [1.29, 1.82) is 0 Å². The van der Waals surface area contributed by atoms with E-state index in [0.29, 0.717) is 6.04 Å². The van der Waals surface area contributed by atoms with E-state index in [1.807, 2.05) is 0 Å². The number of thiazole rings is 1. The maximum absolute atomic E-state index is 4.58. The molecule has 0 spiro atoms. The summed E-state index contributed by atoms with van der Waals surface area (Å²) in [6.45, 7) is 7.71. The third kappa shape index (κ3) is 6.50. The molecule has 2 nitrogen and oxygen atoms in total. The highest BCUT2D eigenvalue weighted by Crippen LogP contribution is 2.14. The molecule has 0 aromatic carbocycles. The molecule has 0 fully saturated rings. The molecule has 1 atom stereocenters. The fraction of sp³-hybridized carbons (Fsp3) is 0.800. The van der Waals surface area contributed by atoms with Gasteiger partial charge in [-0.3, -0.25) is 0 Å². The van der Waals surface area contributed by atoms with Crippen LogP contribution in [0.5, 0.6) is 0 Å². The summed E-state index contributed by atoms with van der Waals surface area (Å²) in [5, 5.41) is 7.12. The average Bonchev–Trinajstić information content (AvgIpc) is 2.77. The van der Waals surface area contributed by atoms with Crippen LogP contribution in [0, 0.1) is 6.92 Å². The molecular formula is C15H28N2S. The van der Waals surface area contributed by atoms with E-state index in [-0.39, 0.29) is 0 Å². The number of hydrogen-bond donors (Lipinski definition) is 1. The van der Waals surface area contributed by atoms with Gasteiger partial charge in [-0.15, -0.1) is 11.3 Å². The minimum absolute atomic E-state index is 0.618. The molecule has 0 aliphatic rings. The quantitative estimate of drug-likeness (QED) is 0.639. The Hall–Kier alpha value is -0.410. The van der Waals surface area contributed by atoms with Crippen LogP contribution in [0.2, 0.25) is 0 Å². The number of unbranched alkanes of at least 4 members (excludes halogenated alkanes) is 3. The molecule has 1 N–H and O–H groups in total. The summed E-state index contributed by atoms with van der Waals surface area (Å²) in [6.07, 6.45) is 9.01. The molecular weight excluding hydrogens is 240 g/mol. The molecule has 1 aromatic rings. The van der Waals surface area contributed by atoms with E-state index in [0.717, 1.165) is 18.7 Å². The molecule has 0 aliphatic heterocycles. The lowest BCUT2D eigenvalue weighted by Crippen LogP contribution is -2.31. The number of nitrogens with one attached hydrogen (secondary N) is 1. The maximum atomic E-state index is 4.58. The van der Waals surface area contributed by atoms with Crippen LogP contribution in [0.1, 0.15) is 63.1 Å². The molecule has 104 valence electrons. The van der Waals surface area contributed by atoms with E-state index in [2.05, 4.69) is 36.5 Å². The van der Waals surface area contributed by atoms with Crippen molar-refractivity contribution < 1.29 is 0 Å². The van der Waals surface area contributed by atoms with Crippen LogP contribution in [-0.4, -0.2) is 17.6 Å². The molecule has 3 heteroatoms. The van der Waals surface area contributed by atoms with Crippen LogP contribution in [0.15, 0.2) is 5.38 Å². The second-order valence-electron chi connectivity index (χ2n) is 5.09. The molecule has 0 amide bonds. The van der Waals surface area contributed by atoms with Crippen LogP contribution in [0.3, 0.4) is 0 Å². The Labute approximate surface area is 116 Å². The summed E-state index contributed by atoms with van der Waals surface area (Å²) < 4.78 is 0. The first-order chi connectivity index (χ1) is 8.76. The number of aryl methyl sites for hydroxylation is 1. The van der Waals surface area contributed by atoms with Crippen molar-refractivity contribution in [2.45, 2.75) is 71.8 Å². The fourth-order valence-corrected chi connectivity index (χ4v) is 3.00. The summed E-state index contributed by atoms with van der Waals surface area (Å²) in [4.78, 5) is 4.58. The summed E-state index contributed by atoms with van der Waals surface area (Å²) in [5.41, 5.74) is 1.16. The van der Waals surface area contributed by atoms with E-state index in [4.69, 9.17) is 0 Å². The van der Waals surface area contributed by atoms with Gasteiger partial charge in [-0.2, -0.15) is 0 Å². The zero-order chi connectivity index (χ0) is 13.2. The van der Waals surface area contributed by atoms with Crippen molar-refractivity contribution in [1.82, 2.24) is 10.3 Å². The Morgan fingerprint density at radius 1 is 1.22 bits per heavy atom. The third-order valence-electron chi connectivity index (χ3n) is 3.18. The molecule has 0 aliphatic carbocycles. The van der Waals surface area contributed by atoms with Gasteiger partial charge in [0.1, 0.15) is 0 Å². The van der Waals surface area contributed by atoms with Crippen LogP contribution >= 0.6 is 11.3 Å². The average molecular weight is 268 g/mol. The Balaban J connectivity index is 2.34. The highest BCUT2D eigenvalue weighted by Gasteiger charge is 2.10. The molecule has 0 radical (unpaired) electrons. The monoisotopic (exact) mass is 268 g/mol. The van der Waals surface area contributed by atoms with Crippen molar-refractivity contribution in [3.8, 4) is 0 Å². The number of rotatable bonds is 10. The summed E-state index contributed by atoms with van der Waals surface area (Å²) in [5.74, 6) is 0. The van der Waals surface area contributed by atoms with E-state index >= 15 is 0 Å². The summed E-state index contributed by atoms with van der Waals surface area (Å²) >= 11 is 1.80. The lowest BCUT2D eigenvalue weighted by Gasteiger charge is -2.17. The lowest BCUT2D eigenvalue weighted by atomic mass is 10.0. The molecule has 0 saturated heterocycles. The molecule has 1 heterocycles. The smallest absolute Gasteiger partial charge is 0.0943 e. The van der Waals surface area contributed by atoms with Crippen molar-refractivity contribution in [3.63, 3.8) is 0 Å². The minimum Gasteiger partial charge on any atom is -0.314 e. The molecule has 0 bridgehead atoms. The van der Waals surface area contributed by atoms with Gasteiger partial charge in [0.2, 0.25) is 0 Å². The first kappa shape index (κ1) is 15.6. The van der Waals surface area contributed by atoms with E-state index in [9.17, 15) is 0 Å².